The summed E-state index contributed by atoms with van der Waals surface area (Å²) in [6.45, 7) is 2.29. The van der Waals surface area contributed by atoms with Crippen molar-refractivity contribution in [2.24, 2.45) is 0 Å². The van der Waals surface area contributed by atoms with E-state index in [0.29, 0.717) is 0 Å². The minimum absolute atomic E-state index is 0. The first-order chi connectivity index (χ1) is 3.63. The zero-order chi connectivity index (χ0) is 6.57. The van der Waals surface area contributed by atoms with Crippen LogP contribution in [0, 0.1) is 0 Å². The van der Waals surface area contributed by atoms with Crippen LogP contribution in [0.15, 0.2) is 0 Å². The molecule has 0 N–H and O–H groups in total. The summed E-state index contributed by atoms with van der Waals surface area (Å²) in [6.07, 6.45) is 0. The van der Waals surface area contributed by atoms with Crippen molar-refractivity contribution in [2.75, 3.05) is 41.3 Å². The Morgan fingerprint density at radius 1 is 0.778 bits per heavy atom. The first kappa shape index (κ1) is 12.1. The first-order valence-electron chi connectivity index (χ1n) is 2.92. The summed E-state index contributed by atoms with van der Waals surface area (Å²) in [5.41, 5.74) is 0. The van der Waals surface area contributed by atoms with Crippen molar-refractivity contribution in [3.8, 4) is 0 Å². The molecule has 0 bridgehead atoms. The van der Waals surface area contributed by atoms with Crippen molar-refractivity contribution >= 4 is 0 Å². The molecule has 0 spiro atoms. The van der Waals surface area contributed by atoms with Gasteiger partial charge in [0.1, 0.15) is 0 Å². The second kappa shape index (κ2) is 6.56. The van der Waals surface area contributed by atoms with Gasteiger partial charge in [-0.05, 0) is 28.2 Å². The maximum atomic E-state index is 2.18. The van der Waals surface area contributed by atoms with E-state index >= 15 is 0 Å². The maximum absolute atomic E-state index is 2.18. The fourth-order valence-electron chi connectivity index (χ4n) is 0.400. The van der Waals surface area contributed by atoms with Gasteiger partial charge in [0.15, 0.2) is 0 Å². The molecule has 0 aromatic heterocycles. The molecule has 9 heavy (non-hydrogen) atoms. The van der Waals surface area contributed by atoms with Crippen LogP contribution in [-0.2, 0) is 17.1 Å². The Balaban J connectivity index is 0. The Labute approximate surface area is 68.7 Å². The molecule has 0 aliphatic heterocycles. The Bertz CT molecular complexity index is 47.0. The van der Waals surface area contributed by atoms with Crippen LogP contribution in [0.2, 0.25) is 0 Å². The topological polar surface area (TPSA) is 6.48 Å². The van der Waals surface area contributed by atoms with Crippen LogP contribution >= 0.6 is 0 Å². The van der Waals surface area contributed by atoms with Crippen molar-refractivity contribution in [1.29, 1.82) is 0 Å². The Morgan fingerprint density at radius 3 is 1.11 bits per heavy atom. The fraction of sp³-hybridized carbons (Fsp3) is 1.00. The fourth-order valence-corrected chi connectivity index (χ4v) is 0.400. The second-order valence-electron chi connectivity index (χ2n) is 2.61. The average molecular weight is 172 g/mol. The van der Waals surface area contributed by atoms with E-state index in [9.17, 15) is 0 Å². The molecule has 0 amide bonds. The summed E-state index contributed by atoms with van der Waals surface area (Å²) in [6, 6.07) is 0. The quantitative estimate of drug-likeness (QED) is 0.557. The minimum Gasteiger partial charge on any atom is -0.308 e. The summed E-state index contributed by atoms with van der Waals surface area (Å²) >= 11 is 0. The Kier molecular flexibility index (Phi) is 8.85. The first-order valence-corrected chi connectivity index (χ1v) is 2.92. The standard InChI is InChI=1S/C6H16N2.Fe/c1-7(2)5-6-8(3)4;/h5-6H2,1-4H3;/q;+2. The molecule has 2 nitrogen and oxygen atoms in total. The minimum atomic E-state index is 0. The monoisotopic (exact) mass is 172 g/mol. The molecule has 0 aliphatic rings. The van der Waals surface area contributed by atoms with Crippen molar-refractivity contribution in [2.45, 2.75) is 0 Å². The molecule has 0 fully saturated rings. The van der Waals surface area contributed by atoms with E-state index in [4.69, 9.17) is 0 Å². The molecule has 0 heterocycles. The summed E-state index contributed by atoms with van der Waals surface area (Å²) in [4.78, 5) is 4.36. The van der Waals surface area contributed by atoms with Crippen molar-refractivity contribution in [3.05, 3.63) is 0 Å². The predicted molar refractivity (Wildman–Crippen MR) is 37.1 cm³/mol. The van der Waals surface area contributed by atoms with E-state index in [1.54, 1.807) is 0 Å². The van der Waals surface area contributed by atoms with Gasteiger partial charge in [0, 0.05) is 13.1 Å². The molecular weight excluding hydrogens is 156 g/mol. The van der Waals surface area contributed by atoms with Crippen LogP contribution in [0.4, 0.5) is 0 Å². The molecule has 0 atom stereocenters. The molecule has 0 aliphatic carbocycles. The van der Waals surface area contributed by atoms with Crippen LogP contribution in [0.3, 0.4) is 0 Å². The number of hydrogen-bond acceptors (Lipinski definition) is 2. The van der Waals surface area contributed by atoms with Gasteiger partial charge in [-0.1, -0.05) is 0 Å². The van der Waals surface area contributed by atoms with Gasteiger partial charge >= 0.3 is 17.1 Å². The van der Waals surface area contributed by atoms with Crippen LogP contribution in [0.1, 0.15) is 0 Å². The summed E-state index contributed by atoms with van der Waals surface area (Å²) in [5.74, 6) is 0. The van der Waals surface area contributed by atoms with Crippen LogP contribution < -0.4 is 0 Å². The molecule has 0 unspecified atom stereocenters. The number of rotatable bonds is 3. The van der Waals surface area contributed by atoms with E-state index in [-0.39, 0.29) is 17.1 Å². The molecule has 0 radical (unpaired) electrons. The summed E-state index contributed by atoms with van der Waals surface area (Å²) in [5, 5.41) is 0. The van der Waals surface area contributed by atoms with E-state index in [2.05, 4.69) is 38.0 Å². The normalized spacial score (nSPS) is 10.0. The SMILES string of the molecule is CN(C)CCN(C)C.[Fe+2]. The predicted octanol–water partition coefficient (Wildman–Crippen LogP) is 0.107. The average Bonchev–Trinajstić information content (AvgIpc) is 1.61. The van der Waals surface area contributed by atoms with Gasteiger partial charge in [-0.25, -0.2) is 0 Å². The van der Waals surface area contributed by atoms with Gasteiger partial charge in [0.25, 0.3) is 0 Å². The van der Waals surface area contributed by atoms with Gasteiger partial charge in [-0.2, -0.15) is 0 Å². The number of likely N-dealkylation sites (N-methyl/N-ethyl adjacent to an activating group) is 2. The van der Waals surface area contributed by atoms with Crippen molar-refractivity contribution in [1.82, 2.24) is 9.80 Å². The van der Waals surface area contributed by atoms with E-state index < -0.39 is 0 Å². The largest absolute Gasteiger partial charge is 2.00 e. The third-order valence-electron chi connectivity index (χ3n) is 0.994. The van der Waals surface area contributed by atoms with E-state index in [1.807, 2.05) is 0 Å². The molecule has 0 aromatic rings. The third kappa shape index (κ3) is 11.8. The van der Waals surface area contributed by atoms with E-state index in [0.717, 1.165) is 13.1 Å². The van der Waals surface area contributed by atoms with E-state index in [1.165, 1.54) is 0 Å². The zero-order valence-corrected chi connectivity index (χ0v) is 7.77. The van der Waals surface area contributed by atoms with Crippen LogP contribution in [0.5, 0.6) is 0 Å². The molecule has 56 valence electrons. The maximum Gasteiger partial charge on any atom is 2.00 e. The molecule has 0 aromatic carbocycles. The molecule has 0 rings (SSSR count). The second-order valence-corrected chi connectivity index (χ2v) is 2.61. The van der Waals surface area contributed by atoms with Gasteiger partial charge < -0.3 is 9.80 Å². The Hall–Kier alpha value is 0.439. The van der Waals surface area contributed by atoms with Crippen molar-refractivity contribution in [3.63, 3.8) is 0 Å². The molecule has 3 heteroatoms. The molecule has 0 saturated heterocycles. The summed E-state index contributed by atoms with van der Waals surface area (Å²) in [7, 11) is 8.35. The molecular formula is C6H16FeN2+2. The van der Waals surface area contributed by atoms with Crippen molar-refractivity contribution < 1.29 is 17.1 Å². The Morgan fingerprint density at radius 2 is 1.00 bits per heavy atom. The van der Waals surface area contributed by atoms with Gasteiger partial charge in [-0.3, -0.25) is 0 Å². The zero-order valence-electron chi connectivity index (χ0n) is 6.66. The summed E-state index contributed by atoms with van der Waals surface area (Å²) < 4.78 is 0. The molecule has 0 saturated carbocycles. The third-order valence-corrected chi connectivity index (χ3v) is 0.994. The van der Waals surface area contributed by atoms with Gasteiger partial charge in [0.2, 0.25) is 0 Å². The number of nitrogens with zero attached hydrogens (tertiary/aromatic N) is 2. The number of hydrogen-bond donors (Lipinski definition) is 0. The van der Waals surface area contributed by atoms with Crippen LogP contribution in [-0.4, -0.2) is 51.1 Å². The van der Waals surface area contributed by atoms with Crippen LogP contribution in [0.25, 0.3) is 0 Å². The van der Waals surface area contributed by atoms with Gasteiger partial charge in [-0.15, -0.1) is 0 Å². The van der Waals surface area contributed by atoms with Gasteiger partial charge in [0.05, 0.1) is 0 Å². The smallest absolute Gasteiger partial charge is 0.308 e.